The van der Waals surface area contributed by atoms with Crippen LogP contribution in [0.4, 0.5) is 0 Å². The number of fused-ring (bicyclic) bond motifs is 11. The highest BCUT2D eigenvalue weighted by Crippen LogP contribution is 2.39. The summed E-state index contributed by atoms with van der Waals surface area (Å²) in [4.78, 5) is 13.9. The van der Waals surface area contributed by atoms with E-state index < -0.39 is 0 Å². The Morgan fingerprint density at radius 2 is 0.774 bits per heavy atom. The van der Waals surface area contributed by atoms with E-state index in [1.165, 1.54) is 38.1 Å². The number of aromatic nitrogens is 3. The van der Waals surface area contributed by atoms with E-state index in [2.05, 4.69) is 167 Å². The van der Waals surface area contributed by atoms with Crippen molar-refractivity contribution in [2.45, 2.75) is 0 Å². The normalized spacial score (nSPS) is 12.2. The first-order valence-electron chi connectivity index (χ1n) is 18.1. The SMILES string of the molecule is O=c1c2ccccc2c2cccc3c4cc(-c5cccc(-n6c7ccccc7c7cc(-n8c9ccccc9c9ccccc98)ccc76)c5)ccc4n1c23. The predicted octanol–water partition coefficient (Wildman–Crippen LogP) is 12.1. The molecule has 0 bridgehead atoms. The largest absolute Gasteiger partial charge is 0.309 e. The monoisotopic (exact) mass is 675 g/mol. The minimum absolute atomic E-state index is 0.0294. The smallest absolute Gasteiger partial charge is 0.263 e. The molecule has 0 saturated carbocycles. The first-order valence-corrected chi connectivity index (χ1v) is 18.1. The van der Waals surface area contributed by atoms with Crippen molar-refractivity contribution in [2.75, 3.05) is 0 Å². The van der Waals surface area contributed by atoms with Crippen molar-refractivity contribution in [3.05, 3.63) is 186 Å². The summed E-state index contributed by atoms with van der Waals surface area (Å²) in [6.07, 6.45) is 0. The summed E-state index contributed by atoms with van der Waals surface area (Å²) >= 11 is 0. The molecule has 0 amide bonds. The van der Waals surface area contributed by atoms with Gasteiger partial charge in [-0.1, -0.05) is 109 Å². The molecule has 0 saturated heterocycles. The van der Waals surface area contributed by atoms with Gasteiger partial charge in [0.1, 0.15) is 0 Å². The molecule has 0 radical (unpaired) electrons. The van der Waals surface area contributed by atoms with Gasteiger partial charge >= 0.3 is 0 Å². The molecule has 8 aromatic carbocycles. The standard InChI is InChI=1S/C49H29N3O/c53-49-40-17-2-1-13-34(40)38-18-10-19-39-41-28-31(23-25-47(41)52(49)48(38)39)30-11-9-12-32(27-30)50-45-22-8-5-16-37(45)42-29-33(24-26-46(42)50)51-43-20-6-3-14-35(43)36-15-4-7-21-44(36)51/h1-29H. The summed E-state index contributed by atoms with van der Waals surface area (Å²) in [5, 5.41) is 9.98. The van der Waals surface area contributed by atoms with Crippen molar-refractivity contribution in [3.63, 3.8) is 0 Å². The summed E-state index contributed by atoms with van der Waals surface area (Å²) in [6.45, 7) is 0. The van der Waals surface area contributed by atoms with Crippen LogP contribution in [0.5, 0.6) is 0 Å². The Hall–Kier alpha value is -7.17. The lowest BCUT2D eigenvalue weighted by molar-refractivity contribution is 1.17. The van der Waals surface area contributed by atoms with Crippen molar-refractivity contribution in [3.8, 4) is 22.5 Å². The topological polar surface area (TPSA) is 31.3 Å². The number of hydrogen-bond donors (Lipinski definition) is 0. The van der Waals surface area contributed by atoms with Crippen LogP contribution in [0.25, 0.3) is 104 Å². The quantitative estimate of drug-likeness (QED) is 0.172. The van der Waals surface area contributed by atoms with Crippen molar-refractivity contribution in [1.29, 1.82) is 0 Å². The molecule has 0 aliphatic rings. The fraction of sp³-hybridized carbons (Fsp3) is 0. The molecule has 0 unspecified atom stereocenters. The Bertz CT molecular complexity index is 3490. The fourth-order valence-corrected chi connectivity index (χ4v) is 9.11. The lowest BCUT2D eigenvalue weighted by Crippen LogP contribution is -2.12. The number of benzene rings is 8. The van der Waals surface area contributed by atoms with Gasteiger partial charge in [0, 0.05) is 54.5 Å². The summed E-state index contributed by atoms with van der Waals surface area (Å²) in [5.41, 5.74) is 11.2. The molecule has 0 atom stereocenters. The number of rotatable bonds is 3. The van der Waals surface area contributed by atoms with Crippen LogP contribution in [0.2, 0.25) is 0 Å². The Labute approximate surface area is 302 Å². The zero-order chi connectivity index (χ0) is 34.8. The average Bonchev–Trinajstić information content (AvgIpc) is 3.86. The summed E-state index contributed by atoms with van der Waals surface area (Å²) in [6, 6.07) is 62.6. The van der Waals surface area contributed by atoms with Crippen molar-refractivity contribution in [2.24, 2.45) is 0 Å². The van der Waals surface area contributed by atoms with Gasteiger partial charge in [-0.15, -0.1) is 0 Å². The molecule has 4 heterocycles. The second kappa shape index (κ2) is 10.4. The molecule has 246 valence electrons. The Morgan fingerprint density at radius 1 is 0.302 bits per heavy atom. The second-order valence-electron chi connectivity index (χ2n) is 14.1. The van der Waals surface area contributed by atoms with Crippen LogP contribution in [-0.4, -0.2) is 13.5 Å². The first-order chi connectivity index (χ1) is 26.2. The van der Waals surface area contributed by atoms with E-state index >= 15 is 0 Å². The Kier molecular flexibility index (Phi) is 5.62. The van der Waals surface area contributed by atoms with Gasteiger partial charge in [-0.2, -0.15) is 0 Å². The van der Waals surface area contributed by atoms with Gasteiger partial charge in [0.15, 0.2) is 0 Å². The third kappa shape index (κ3) is 3.81. The highest BCUT2D eigenvalue weighted by atomic mass is 16.1. The molecule has 4 nitrogen and oxygen atoms in total. The molecular formula is C49H29N3O. The zero-order valence-corrected chi connectivity index (χ0v) is 28.5. The molecular weight excluding hydrogens is 647 g/mol. The van der Waals surface area contributed by atoms with E-state index in [9.17, 15) is 4.79 Å². The lowest BCUT2D eigenvalue weighted by Gasteiger charge is -2.12. The van der Waals surface area contributed by atoms with Gasteiger partial charge in [-0.3, -0.25) is 9.20 Å². The number of hydrogen-bond acceptors (Lipinski definition) is 1. The summed E-state index contributed by atoms with van der Waals surface area (Å²) < 4.78 is 6.69. The maximum absolute atomic E-state index is 13.9. The second-order valence-corrected chi connectivity index (χ2v) is 14.1. The van der Waals surface area contributed by atoms with Crippen LogP contribution in [-0.2, 0) is 0 Å². The average molecular weight is 676 g/mol. The van der Waals surface area contributed by atoms with Crippen LogP contribution < -0.4 is 5.56 Å². The van der Waals surface area contributed by atoms with Gasteiger partial charge < -0.3 is 9.13 Å². The fourth-order valence-electron chi connectivity index (χ4n) is 9.11. The summed E-state index contributed by atoms with van der Waals surface area (Å²) in [7, 11) is 0. The molecule has 0 N–H and O–H groups in total. The van der Waals surface area contributed by atoms with Crippen LogP contribution in [0.15, 0.2) is 181 Å². The number of para-hydroxylation sites is 4. The van der Waals surface area contributed by atoms with Gasteiger partial charge in [-0.25, -0.2) is 0 Å². The highest BCUT2D eigenvalue weighted by molar-refractivity contribution is 6.20. The van der Waals surface area contributed by atoms with Crippen LogP contribution >= 0.6 is 0 Å². The molecule has 0 fully saturated rings. The highest BCUT2D eigenvalue weighted by Gasteiger charge is 2.19. The molecule has 4 aromatic heterocycles. The van der Waals surface area contributed by atoms with E-state index in [4.69, 9.17) is 0 Å². The molecule has 4 heteroatoms. The van der Waals surface area contributed by atoms with Gasteiger partial charge in [0.05, 0.1) is 33.1 Å². The van der Waals surface area contributed by atoms with E-state index in [1.807, 2.05) is 22.6 Å². The van der Waals surface area contributed by atoms with Crippen LogP contribution in [0.1, 0.15) is 0 Å². The van der Waals surface area contributed by atoms with Crippen molar-refractivity contribution < 1.29 is 0 Å². The number of pyridine rings is 1. The molecule has 12 rings (SSSR count). The van der Waals surface area contributed by atoms with Gasteiger partial charge in [-0.05, 0) is 83.2 Å². The predicted molar refractivity (Wildman–Crippen MR) is 221 cm³/mol. The zero-order valence-electron chi connectivity index (χ0n) is 28.5. The van der Waals surface area contributed by atoms with Crippen LogP contribution in [0, 0.1) is 0 Å². The van der Waals surface area contributed by atoms with Gasteiger partial charge in [0.2, 0.25) is 0 Å². The van der Waals surface area contributed by atoms with E-state index in [1.54, 1.807) is 0 Å². The minimum atomic E-state index is 0.0294. The molecule has 0 spiro atoms. The third-order valence-corrected chi connectivity index (χ3v) is 11.4. The maximum atomic E-state index is 13.9. The van der Waals surface area contributed by atoms with Crippen molar-refractivity contribution in [1.82, 2.24) is 13.5 Å². The third-order valence-electron chi connectivity index (χ3n) is 11.4. The molecule has 0 aliphatic carbocycles. The van der Waals surface area contributed by atoms with Gasteiger partial charge in [0.25, 0.3) is 5.56 Å². The van der Waals surface area contributed by atoms with E-state index in [-0.39, 0.29) is 5.56 Å². The lowest BCUT2D eigenvalue weighted by atomic mass is 10.0. The molecule has 53 heavy (non-hydrogen) atoms. The van der Waals surface area contributed by atoms with Crippen LogP contribution in [0.3, 0.4) is 0 Å². The summed E-state index contributed by atoms with van der Waals surface area (Å²) in [5.74, 6) is 0. The number of nitrogens with zero attached hydrogens (tertiary/aromatic N) is 3. The molecule has 12 aromatic rings. The Balaban J connectivity index is 1.05. The van der Waals surface area contributed by atoms with Crippen molar-refractivity contribution >= 4 is 81.6 Å². The van der Waals surface area contributed by atoms with E-state index in [0.29, 0.717) is 0 Å². The van der Waals surface area contributed by atoms with E-state index in [0.717, 1.165) is 66.0 Å². The minimum Gasteiger partial charge on any atom is -0.309 e. The Morgan fingerprint density at radius 3 is 1.47 bits per heavy atom. The molecule has 0 aliphatic heterocycles. The maximum Gasteiger partial charge on any atom is 0.263 e. The first kappa shape index (κ1) is 28.5.